The minimum absolute atomic E-state index is 0.0445. The van der Waals surface area contributed by atoms with Gasteiger partial charge in [0.25, 0.3) is 0 Å². The second kappa shape index (κ2) is 7.59. The number of hydrogen-bond donors (Lipinski definition) is 0. The Hall–Kier alpha value is -1.94. The molecule has 7 heteroatoms. The molecule has 136 valence electrons. The summed E-state index contributed by atoms with van der Waals surface area (Å²) in [7, 11) is 0. The van der Waals surface area contributed by atoms with Crippen LogP contribution in [0.3, 0.4) is 0 Å². The summed E-state index contributed by atoms with van der Waals surface area (Å²) in [5.74, 6) is 0.540. The highest BCUT2D eigenvalue weighted by Gasteiger charge is 2.38. The van der Waals surface area contributed by atoms with E-state index in [2.05, 4.69) is 26.9 Å². The van der Waals surface area contributed by atoms with E-state index in [1.165, 1.54) is 11.8 Å². The van der Waals surface area contributed by atoms with Gasteiger partial charge in [0.15, 0.2) is 0 Å². The summed E-state index contributed by atoms with van der Waals surface area (Å²) in [5.41, 5.74) is 2.68. The Kier molecular flexibility index (Phi) is 5.18. The Labute approximate surface area is 175 Å². The van der Waals surface area contributed by atoms with E-state index in [1.54, 1.807) is 4.90 Å². The lowest BCUT2D eigenvalue weighted by Gasteiger charge is -2.42. The highest BCUT2D eigenvalue weighted by atomic mass is 79.9. The number of nitriles is 1. The van der Waals surface area contributed by atoms with Gasteiger partial charge in [0.05, 0.1) is 29.2 Å². The fourth-order valence-electron chi connectivity index (χ4n) is 3.36. The summed E-state index contributed by atoms with van der Waals surface area (Å²) in [6.07, 6.45) is 0.309. The molecular formula is C20H15BrClN3OS. The van der Waals surface area contributed by atoms with E-state index in [0.29, 0.717) is 29.6 Å². The molecule has 27 heavy (non-hydrogen) atoms. The van der Waals surface area contributed by atoms with Crippen molar-refractivity contribution in [1.82, 2.24) is 4.90 Å². The van der Waals surface area contributed by atoms with Crippen LogP contribution in [0.2, 0.25) is 5.02 Å². The van der Waals surface area contributed by atoms with Gasteiger partial charge in [0, 0.05) is 27.5 Å². The molecule has 0 bridgehead atoms. The first-order valence-electron chi connectivity index (χ1n) is 8.40. The molecule has 0 spiro atoms. The van der Waals surface area contributed by atoms with Gasteiger partial charge in [-0.05, 0) is 42.0 Å². The molecule has 0 aliphatic carbocycles. The van der Waals surface area contributed by atoms with Crippen LogP contribution in [0, 0.1) is 11.3 Å². The van der Waals surface area contributed by atoms with Crippen LogP contribution in [-0.4, -0.2) is 23.4 Å². The number of benzene rings is 2. The number of allylic oxidation sites excluding steroid dienone is 1. The number of carbonyl (C=O) groups is 1. The maximum Gasteiger partial charge on any atom is 0.229 e. The molecule has 1 amide bonds. The van der Waals surface area contributed by atoms with Crippen LogP contribution in [0.5, 0.6) is 0 Å². The summed E-state index contributed by atoms with van der Waals surface area (Å²) in [5, 5.41) is 11.3. The number of thioether (sulfide) groups is 1. The molecule has 0 radical (unpaired) electrons. The molecule has 2 heterocycles. The van der Waals surface area contributed by atoms with Crippen LogP contribution < -0.4 is 4.90 Å². The monoisotopic (exact) mass is 459 g/mol. The normalized spacial score (nSPS) is 19.7. The van der Waals surface area contributed by atoms with E-state index in [9.17, 15) is 10.1 Å². The van der Waals surface area contributed by atoms with Crippen molar-refractivity contribution in [1.29, 1.82) is 5.26 Å². The molecule has 1 atom stereocenters. The number of anilines is 1. The van der Waals surface area contributed by atoms with Gasteiger partial charge in [-0.3, -0.25) is 9.69 Å². The van der Waals surface area contributed by atoms with Crippen LogP contribution >= 0.6 is 39.3 Å². The second-order valence-electron chi connectivity index (χ2n) is 6.39. The van der Waals surface area contributed by atoms with E-state index in [0.717, 1.165) is 20.8 Å². The zero-order valence-electron chi connectivity index (χ0n) is 14.2. The van der Waals surface area contributed by atoms with Crippen LogP contribution in [0.15, 0.2) is 63.6 Å². The van der Waals surface area contributed by atoms with Crippen molar-refractivity contribution in [2.75, 3.05) is 17.4 Å². The lowest BCUT2D eigenvalue weighted by Crippen LogP contribution is -2.47. The number of halogens is 2. The van der Waals surface area contributed by atoms with E-state index >= 15 is 0 Å². The molecule has 1 saturated heterocycles. The van der Waals surface area contributed by atoms with Crippen molar-refractivity contribution < 1.29 is 4.79 Å². The summed E-state index contributed by atoms with van der Waals surface area (Å²) < 4.78 is 0.979. The maximum atomic E-state index is 12.9. The van der Waals surface area contributed by atoms with Gasteiger partial charge < -0.3 is 4.90 Å². The minimum atomic E-state index is -0.184. The third-order valence-electron chi connectivity index (χ3n) is 4.76. The number of hydrogen-bond acceptors (Lipinski definition) is 4. The standard InChI is InChI=1S/C20H15BrClN3OS/c21-14-3-1-13(2-4-14)17-9-19(26)25-11-24(12-27-20(25)18(17)10-23)16-7-5-15(22)6-8-16/h1-8,17H,9,11-12H2/t17-/m1/s1. The van der Waals surface area contributed by atoms with Crippen molar-refractivity contribution >= 4 is 50.9 Å². The van der Waals surface area contributed by atoms with Crippen molar-refractivity contribution in [2.24, 2.45) is 0 Å². The average molecular weight is 461 g/mol. The number of nitrogens with zero attached hydrogens (tertiary/aromatic N) is 3. The van der Waals surface area contributed by atoms with Crippen LogP contribution in [0.25, 0.3) is 0 Å². The predicted molar refractivity (Wildman–Crippen MR) is 112 cm³/mol. The van der Waals surface area contributed by atoms with Gasteiger partial charge in [0.1, 0.15) is 0 Å². The zero-order valence-corrected chi connectivity index (χ0v) is 17.4. The third-order valence-corrected chi connectivity index (χ3v) is 6.69. The van der Waals surface area contributed by atoms with Crippen LogP contribution in [0.4, 0.5) is 5.69 Å². The van der Waals surface area contributed by atoms with Crippen molar-refractivity contribution in [3.05, 3.63) is 74.2 Å². The topological polar surface area (TPSA) is 47.3 Å². The summed E-state index contributed by atoms with van der Waals surface area (Å²) >= 11 is 10.9. The van der Waals surface area contributed by atoms with Gasteiger partial charge in [-0.1, -0.05) is 51.4 Å². The Bertz CT molecular complexity index is 953. The predicted octanol–water partition coefficient (Wildman–Crippen LogP) is 5.32. The first kappa shape index (κ1) is 18.4. The van der Waals surface area contributed by atoms with Crippen LogP contribution in [-0.2, 0) is 4.79 Å². The Balaban J connectivity index is 1.65. The average Bonchev–Trinajstić information content (AvgIpc) is 2.69. The Morgan fingerprint density at radius 2 is 1.85 bits per heavy atom. The van der Waals surface area contributed by atoms with E-state index in [4.69, 9.17) is 11.6 Å². The fraction of sp³-hybridized carbons (Fsp3) is 0.200. The molecule has 2 aliphatic heterocycles. The van der Waals surface area contributed by atoms with Crippen LogP contribution in [0.1, 0.15) is 17.9 Å². The van der Waals surface area contributed by atoms with Crippen molar-refractivity contribution in [3.8, 4) is 6.07 Å². The van der Waals surface area contributed by atoms with E-state index in [-0.39, 0.29) is 11.8 Å². The number of carbonyl (C=O) groups excluding carboxylic acids is 1. The molecule has 0 unspecified atom stereocenters. The largest absolute Gasteiger partial charge is 0.344 e. The Morgan fingerprint density at radius 1 is 1.15 bits per heavy atom. The zero-order chi connectivity index (χ0) is 19.0. The second-order valence-corrected chi connectivity index (χ2v) is 8.68. The molecule has 0 aromatic heterocycles. The summed E-state index contributed by atoms with van der Waals surface area (Å²) in [6.45, 7) is 0.445. The molecule has 0 N–H and O–H groups in total. The highest BCUT2D eigenvalue weighted by molar-refractivity contribution is 9.10. The highest BCUT2D eigenvalue weighted by Crippen LogP contribution is 2.43. The molecule has 4 rings (SSSR count). The van der Waals surface area contributed by atoms with Crippen molar-refractivity contribution in [3.63, 3.8) is 0 Å². The fourth-order valence-corrected chi connectivity index (χ4v) is 4.92. The maximum absolute atomic E-state index is 12.9. The van der Waals surface area contributed by atoms with Gasteiger partial charge in [-0.25, -0.2) is 0 Å². The van der Waals surface area contributed by atoms with Gasteiger partial charge in [-0.2, -0.15) is 5.26 Å². The Morgan fingerprint density at radius 3 is 2.52 bits per heavy atom. The van der Waals surface area contributed by atoms with Gasteiger partial charge >= 0.3 is 0 Å². The third kappa shape index (κ3) is 3.60. The summed E-state index contributed by atoms with van der Waals surface area (Å²) in [6, 6.07) is 17.8. The van der Waals surface area contributed by atoms with Gasteiger partial charge in [-0.15, -0.1) is 0 Å². The molecule has 4 nitrogen and oxygen atoms in total. The minimum Gasteiger partial charge on any atom is -0.344 e. The SMILES string of the molecule is N#CC1=C2SCN(c3ccc(Cl)cc3)CN2C(=O)C[C@@H]1c1ccc(Br)cc1. The summed E-state index contributed by atoms with van der Waals surface area (Å²) in [4.78, 5) is 16.7. The van der Waals surface area contributed by atoms with E-state index in [1.807, 2.05) is 48.5 Å². The molecule has 1 fully saturated rings. The quantitative estimate of drug-likeness (QED) is 0.608. The molecule has 0 saturated carbocycles. The molecule has 2 aromatic rings. The first-order chi connectivity index (χ1) is 13.1. The van der Waals surface area contributed by atoms with Gasteiger partial charge in [0.2, 0.25) is 5.91 Å². The molecule has 2 aliphatic rings. The molecular weight excluding hydrogens is 446 g/mol. The van der Waals surface area contributed by atoms with E-state index < -0.39 is 0 Å². The number of amides is 1. The smallest absolute Gasteiger partial charge is 0.229 e. The molecule has 2 aromatic carbocycles. The lowest BCUT2D eigenvalue weighted by atomic mass is 9.86. The number of rotatable bonds is 2. The first-order valence-corrected chi connectivity index (χ1v) is 10.6. The lowest BCUT2D eigenvalue weighted by molar-refractivity contribution is -0.129. The number of fused-ring (bicyclic) bond motifs is 1. The van der Waals surface area contributed by atoms with Crippen molar-refractivity contribution in [2.45, 2.75) is 12.3 Å².